The van der Waals surface area contributed by atoms with Crippen LogP contribution in [-0.4, -0.2) is 40.7 Å². The number of amides is 1. The highest BCUT2D eigenvalue weighted by molar-refractivity contribution is 7.99. The summed E-state index contributed by atoms with van der Waals surface area (Å²) in [6, 6.07) is 30.5. The molecule has 0 radical (unpaired) electrons. The van der Waals surface area contributed by atoms with E-state index in [0.717, 1.165) is 33.4 Å². The van der Waals surface area contributed by atoms with E-state index in [0.29, 0.717) is 17.2 Å². The van der Waals surface area contributed by atoms with Crippen LogP contribution in [-0.2, 0) is 27.4 Å². The Bertz CT molecular complexity index is 1640. The number of rotatable bonds is 12. The Morgan fingerprint density at radius 2 is 1.63 bits per heavy atom. The van der Waals surface area contributed by atoms with Crippen molar-refractivity contribution in [3.63, 3.8) is 0 Å². The predicted molar refractivity (Wildman–Crippen MR) is 177 cm³/mol. The van der Waals surface area contributed by atoms with Crippen LogP contribution in [0, 0.1) is 5.92 Å². The minimum absolute atomic E-state index is 0.0414. The van der Waals surface area contributed by atoms with E-state index >= 15 is 0 Å². The van der Waals surface area contributed by atoms with Gasteiger partial charge in [-0.05, 0) is 39.9 Å². The molecule has 1 saturated heterocycles. The molecule has 0 aliphatic carbocycles. The molecule has 0 aromatic heterocycles. The van der Waals surface area contributed by atoms with Gasteiger partial charge in [0.15, 0.2) is 6.29 Å². The number of benzene rings is 4. The van der Waals surface area contributed by atoms with Gasteiger partial charge in [0.25, 0.3) is 0 Å². The molecule has 5 rings (SSSR count). The van der Waals surface area contributed by atoms with Crippen molar-refractivity contribution in [1.82, 2.24) is 5.32 Å². The molecule has 4 atom stereocenters. The molecule has 1 heterocycles. The number of carboxylic acid groups (broad SMARTS) is 1. The summed E-state index contributed by atoms with van der Waals surface area (Å²) in [4.78, 5) is 24.5. The first kappa shape index (κ1) is 33.0. The molecular weight excluding hydrogens is 602 g/mol. The first-order valence-electron chi connectivity index (χ1n) is 15.0. The zero-order valence-electron chi connectivity index (χ0n) is 25.5. The topological polar surface area (TPSA) is 114 Å². The van der Waals surface area contributed by atoms with Crippen LogP contribution in [0.15, 0.2) is 115 Å². The van der Waals surface area contributed by atoms with E-state index in [1.54, 1.807) is 12.1 Å². The van der Waals surface area contributed by atoms with Crippen LogP contribution < -0.4 is 5.32 Å². The van der Waals surface area contributed by atoms with Crippen LogP contribution in [0.1, 0.15) is 51.9 Å². The number of hydrogen-bond acceptors (Lipinski definition) is 7. The lowest BCUT2D eigenvalue weighted by molar-refractivity contribution is -0.268. The van der Waals surface area contributed by atoms with Gasteiger partial charge in [-0.3, -0.25) is 0 Å². The molecule has 0 bridgehead atoms. The van der Waals surface area contributed by atoms with Crippen LogP contribution in [0.5, 0.6) is 0 Å². The van der Waals surface area contributed by atoms with Crippen molar-refractivity contribution in [2.75, 3.05) is 12.4 Å². The largest absolute Gasteiger partial charge is 0.478 e. The summed E-state index contributed by atoms with van der Waals surface area (Å²) in [6.45, 7) is 6.05. The highest BCUT2D eigenvalue weighted by atomic mass is 32.2. The third-order valence-electron chi connectivity index (χ3n) is 7.91. The van der Waals surface area contributed by atoms with Gasteiger partial charge >= 0.3 is 12.1 Å². The molecule has 4 aromatic rings. The minimum atomic E-state index is -0.964. The van der Waals surface area contributed by atoms with Crippen molar-refractivity contribution in [1.29, 1.82) is 0 Å². The molecule has 46 heavy (non-hydrogen) atoms. The lowest BCUT2D eigenvalue weighted by Crippen LogP contribution is -2.38. The Morgan fingerprint density at radius 1 is 0.935 bits per heavy atom. The van der Waals surface area contributed by atoms with Crippen LogP contribution in [0.3, 0.4) is 0 Å². The summed E-state index contributed by atoms with van der Waals surface area (Å²) < 4.78 is 18.2. The Balaban J connectivity index is 1.37. The van der Waals surface area contributed by atoms with Crippen molar-refractivity contribution in [3.8, 4) is 11.1 Å². The molecule has 8 nitrogen and oxygen atoms in total. The Hall–Kier alpha value is -4.41. The number of carboxylic acids is 1. The number of ether oxygens (including phenoxy) is 3. The summed E-state index contributed by atoms with van der Waals surface area (Å²) in [5.41, 5.74) is 5.79. The number of alkyl carbamates (subject to hydrolysis) is 1. The first-order valence-corrected chi connectivity index (χ1v) is 16.0. The zero-order valence-corrected chi connectivity index (χ0v) is 26.3. The van der Waals surface area contributed by atoms with Crippen molar-refractivity contribution in [2.24, 2.45) is 5.92 Å². The second-order valence-corrected chi connectivity index (χ2v) is 12.0. The fourth-order valence-electron chi connectivity index (χ4n) is 5.38. The molecular formula is C37H37NO7S. The average molecular weight is 640 g/mol. The van der Waals surface area contributed by atoms with Gasteiger partial charge in [-0.25, -0.2) is 9.59 Å². The van der Waals surface area contributed by atoms with E-state index in [4.69, 9.17) is 14.2 Å². The van der Waals surface area contributed by atoms with E-state index in [9.17, 15) is 19.8 Å². The van der Waals surface area contributed by atoms with Gasteiger partial charge in [0, 0.05) is 28.7 Å². The molecule has 0 saturated carbocycles. The Kier molecular flexibility index (Phi) is 11.3. The zero-order chi connectivity index (χ0) is 32.5. The number of aromatic carboxylic acids is 1. The molecule has 1 aliphatic rings. The molecule has 0 unspecified atom stereocenters. The van der Waals surface area contributed by atoms with Gasteiger partial charge in [0.2, 0.25) is 0 Å². The number of aliphatic hydroxyl groups is 1. The third kappa shape index (κ3) is 8.05. The molecule has 0 spiro atoms. The maximum atomic E-state index is 12.0. The number of carbonyl (C=O) groups is 2. The summed E-state index contributed by atoms with van der Waals surface area (Å²) in [7, 11) is 0. The van der Waals surface area contributed by atoms with Crippen molar-refractivity contribution < 1.29 is 34.0 Å². The number of thioether (sulfide) groups is 1. The lowest BCUT2D eigenvalue weighted by atomic mass is 9.91. The summed E-state index contributed by atoms with van der Waals surface area (Å²) in [5, 5.41) is 22.0. The maximum absolute atomic E-state index is 12.0. The summed E-state index contributed by atoms with van der Waals surface area (Å²) in [6.07, 6.45) is -0.195. The highest BCUT2D eigenvalue weighted by Crippen LogP contribution is 2.43. The molecule has 238 valence electrons. The highest BCUT2D eigenvalue weighted by Gasteiger charge is 2.38. The SMILES string of the molecule is C=CCOC(=O)NCc1ccccc1-c1ccc([C@H]2O[C@@H](CSc3ccccc3C(=O)O)[C@@H](C)[C@@H](c3ccc(CO)cc3)O2)cc1. The quantitative estimate of drug-likeness (QED) is 0.108. The second kappa shape index (κ2) is 15.7. The van der Waals surface area contributed by atoms with Crippen LogP contribution >= 0.6 is 11.8 Å². The van der Waals surface area contributed by atoms with Gasteiger partial charge in [0.1, 0.15) is 6.61 Å². The third-order valence-corrected chi connectivity index (χ3v) is 9.07. The minimum Gasteiger partial charge on any atom is -0.478 e. The van der Waals surface area contributed by atoms with E-state index in [1.165, 1.54) is 17.8 Å². The van der Waals surface area contributed by atoms with Crippen molar-refractivity contribution >= 4 is 23.8 Å². The number of hydrogen-bond donors (Lipinski definition) is 3. The lowest BCUT2D eigenvalue weighted by Gasteiger charge is -2.41. The number of nitrogens with one attached hydrogen (secondary N) is 1. The van der Waals surface area contributed by atoms with Crippen LogP contribution in [0.2, 0.25) is 0 Å². The van der Waals surface area contributed by atoms with E-state index in [-0.39, 0.29) is 36.9 Å². The second-order valence-electron chi connectivity index (χ2n) is 11.0. The van der Waals surface area contributed by atoms with Gasteiger partial charge in [-0.1, -0.05) is 105 Å². The number of carbonyl (C=O) groups excluding carboxylic acids is 1. The van der Waals surface area contributed by atoms with E-state index in [2.05, 4.69) is 18.8 Å². The van der Waals surface area contributed by atoms with Crippen LogP contribution in [0.4, 0.5) is 4.79 Å². The summed E-state index contributed by atoms with van der Waals surface area (Å²) >= 11 is 1.46. The Labute approximate surface area is 273 Å². The molecule has 4 aromatic carbocycles. The van der Waals surface area contributed by atoms with Gasteiger partial charge in [-0.2, -0.15) is 0 Å². The van der Waals surface area contributed by atoms with Crippen molar-refractivity contribution in [2.45, 2.75) is 43.5 Å². The Morgan fingerprint density at radius 3 is 2.35 bits per heavy atom. The fraction of sp³-hybridized carbons (Fsp3) is 0.243. The fourth-order valence-corrected chi connectivity index (χ4v) is 6.59. The standard InChI is InChI=1S/C37H37NO7S/c1-3-20-43-37(42)38-21-29-8-4-5-9-30(29)26-16-18-28(19-17-26)36-44-32(23-46-33-11-7-6-10-31(33)35(40)41)24(2)34(45-36)27-14-12-25(22-39)13-15-27/h3-19,24,32,34,36,39H,1,20-23H2,2H3,(H,38,42)(H,40,41)/t24-,32+,34+,36+/m1/s1. The summed E-state index contributed by atoms with van der Waals surface area (Å²) in [5.74, 6) is -0.476. The molecule has 9 heteroatoms. The van der Waals surface area contributed by atoms with Crippen molar-refractivity contribution in [3.05, 3.63) is 138 Å². The van der Waals surface area contributed by atoms with Gasteiger partial charge in [0.05, 0.1) is 24.4 Å². The molecule has 3 N–H and O–H groups in total. The molecule has 1 aliphatic heterocycles. The smallest absolute Gasteiger partial charge is 0.407 e. The van der Waals surface area contributed by atoms with E-state index < -0.39 is 18.4 Å². The molecule has 1 amide bonds. The normalized spacial score (nSPS) is 19.3. The van der Waals surface area contributed by atoms with Crippen LogP contribution in [0.25, 0.3) is 11.1 Å². The number of aliphatic hydroxyl groups excluding tert-OH is 1. The first-order chi connectivity index (χ1) is 22.4. The van der Waals surface area contributed by atoms with Gasteiger partial charge in [-0.15, -0.1) is 11.8 Å². The predicted octanol–water partition coefficient (Wildman–Crippen LogP) is 7.54. The monoisotopic (exact) mass is 639 g/mol. The van der Waals surface area contributed by atoms with Gasteiger partial charge < -0.3 is 29.7 Å². The average Bonchev–Trinajstić information content (AvgIpc) is 3.09. The molecule has 1 fully saturated rings. The van der Waals surface area contributed by atoms with E-state index in [1.807, 2.05) is 84.9 Å². The maximum Gasteiger partial charge on any atom is 0.407 e.